The van der Waals surface area contributed by atoms with Crippen molar-refractivity contribution in [2.75, 3.05) is 13.2 Å². The molecule has 0 radical (unpaired) electrons. The maximum Gasteiger partial charge on any atom is 0.243 e. The van der Waals surface area contributed by atoms with E-state index in [-0.39, 0.29) is 6.04 Å². The molecule has 1 unspecified atom stereocenters. The van der Waals surface area contributed by atoms with Crippen molar-refractivity contribution in [1.82, 2.24) is 15.5 Å². The summed E-state index contributed by atoms with van der Waals surface area (Å²) in [7, 11) is 0. The Morgan fingerprint density at radius 3 is 2.89 bits per heavy atom. The third-order valence-electron chi connectivity index (χ3n) is 3.66. The summed E-state index contributed by atoms with van der Waals surface area (Å²) in [5.74, 6) is 1.36. The molecule has 18 heavy (non-hydrogen) atoms. The van der Waals surface area contributed by atoms with Gasteiger partial charge < -0.3 is 14.6 Å². The summed E-state index contributed by atoms with van der Waals surface area (Å²) in [5.41, 5.74) is -0.439. The molecule has 1 aromatic heterocycles. The molecule has 5 heteroatoms. The van der Waals surface area contributed by atoms with Gasteiger partial charge in [0, 0.05) is 6.61 Å². The van der Waals surface area contributed by atoms with Crippen LogP contribution in [0.4, 0.5) is 0 Å². The number of aromatic nitrogens is 2. The van der Waals surface area contributed by atoms with Gasteiger partial charge in [0.15, 0.2) is 0 Å². The van der Waals surface area contributed by atoms with Crippen LogP contribution in [0.1, 0.15) is 64.2 Å². The summed E-state index contributed by atoms with van der Waals surface area (Å²) in [6.07, 6.45) is 4.34. The maximum atomic E-state index is 5.76. The van der Waals surface area contributed by atoms with Gasteiger partial charge in [0.25, 0.3) is 0 Å². The van der Waals surface area contributed by atoms with Crippen LogP contribution < -0.4 is 5.32 Å². The molecule has 2 rings (SSSR count). The molecule has 2 heterocycles. The van der Waals surface area contributed by atoms with Crippen molar-refractivity contribution < 1.29 is 9.26 Å². The van der Waals surface area contributed by atoms with Gasteiger partial charge in [-0.2, -0.15) is 4.98 Å². The van der Waals surface area contributed by atoms with E-state index in [1.165, 1.54) is 12.8 Å². The third-order valence-corrected chi connectivity index (χ3v) is 3.66. The van der Waals surface area contributed by atoms with Crippen LogP contribution in [-0.2, 0) is 10.3 Å². The van der Waals surface area contributed by atoms with Crippen LogP contribution in [0.5, 0.6) is 0 Å². The lowest BCUT2D eigenvalue weighted by Crippen LogP contribution is -2.28. The highest BCUT2D eigenvalue weighted by atomic mass is 16.5. The number of hydrogen-bond acceptors (Lipinski definition) is 5. The molecule has 0 aliphatic carbocycles. The molecule has 1 N–H and O–H groups in total. The van der Waals surface area contributed by atoms with Crippen molar-refractivity contribution >= 4 is 0 Å². The average Bonchev–Trinajstić information content (AvgIpc) is 2.90. The fourth-order valence-corrected chi connectivity index (χ4v) is 2.30. The van der Waals surface area contributed by atoms with Crippen LogP contribution in [0.15, 0.2) is 4.52 Å². The van der Waals surface area contributed by atoms with Gasteiger partial charge in [-0.15, -0.1) is 0 Å². The summed E-state index contributed by atoms with van der Waals surface area (Å²) in [6, 6.07) is 0.211. The molecule has 1 fully saturated rings. The van der Waals surface area contributed by atoms with E-state index in [2.05, 4.69) is 22.4 Å². The van der Waals surface area contributed by atoms with Gasteiger partial charge in [-0.05, 0) is 39.7 Å². The minimum absolute atomic E-state index is 0.211. The Hall–Kier alpha value is -0.940. The van der Waals surface area contributed by atoms with Crippen LogP contribution in [0.2, 0.25) is 0 Å². The van der Waals surface area contributed by atoms with Crippen LogP contribution in [0, 0.1) is 0 Å². The number of nitrogens with one attached hydrogen (secondary N) is 1. The lowest BCUT2D eigenvalue weighted by atomic mass is 10.0. The van der Waals surface area contributed by atoms with E-state index < -0.39 is 5.60 Å². The molecule has 0 aromatic carbocycles. The zero-order chi connectivity index (χ0) is 13.0. The van der Waals surface area contributed by atoms with Crippen molar-refractivity contribution in [2.45, 2.75) is 58.1 Å². The minimum Gasteiger partial charge on any atom is -0.367 e. The molecular formula is C13H23N3O2. The predicted molar refractivity (Wildman–Crippen MR) is 68.2 cm³/mol. The summed E-state index contributed by atoms with van der Waals surface area (Å²) < 4.78 is 11.2. The lowest BCUT2D eigenvalue weighted by molar-refractivity contribution is -0.0403. The highest BCUT2D eigenvalue weighted by molar-refractivity contribution is 5.02. The van der Waals surface area contributed by atoms with E-state index in [0.717, 1.165) is 19.4 Å². The second kappa shape index (κ2) is 5.80. The molecule has 1 aromatic rings. The number of piperidine rings is 1. The van der Waals surface area contributed by atoms with E-state index in [1.54, 1.807) is 0 Å². The van der Waals surface area contributed by atoms with Gasteiger partial charge in [0.2, 0.25) is 11.7 Å². The second-order valence-corrected chi connectivity index (χ2v) is 4.98. The molecule has 0 saturated carbocycles. The normalized spacial score (nSPS) is 23.8. The molecule has 0 bridgehead atoms. The van der Waals surface area contributed by atoms with E-state index in [0.29, 0.717) is 18.3 Å². The summed E-state index contributed by atoms with van der Waals surface area (Å²) in [6.45, 7) is 7.75. The lowest BCUT2D eigenvalue weighted by Gasteiger charge is -2.24. The van der Waals surface area contributed by atoms with Gasteiger partial charge in [-0.1, -0.05) is 18.5 Å². The molecule has 0 spiro atoms. The van der Waals surface area contributed by atoms with Gasteiger partial charge in [-0.3, -0.25) is 0 Å². The molecule has 1 saturated heterocycles. The standard InChI is InChI=1S/C13H23N3O2/c1-4-13(3,17-5-2)12-15-11(18-16-12)10-8-6-7-9-14-10/h10,14H,4-9H2,1-3H3/t10-,13?/m1/s1. The zero-order valence-corrected chi connectivity index (χ0v) is 11.5. The number of rotatable bonds is 5. The van der Waals surface area contributed by atoms with Crippen molar-refractivity contribution in [2.24, 2.45) is 0 Å². The van der Waals surface area contributed by atoms with Crippen molar-refractivity contribution in [1.29, 1.82) is 0 Å². The van der Waals surface area contributed by atoms with Crippen molar-refractivity contribution in [3.63, 3.8) is 0 Å². The zero-order valence-electron chi connectivity index (χ0n) is 11.5. The van der Waals surface area contributed by atoms with Crippen molar-refractivity contribution in [3.05, 3.63) is 11.7 Å². The topological polar surface area (TPSA) is 60.2 Å². The van der Waals surface area contributed by atoms with Crippen LogP contribution in [0.25, 0.3) is 0 Å². The Labute approximate surface area is 108 Å². The van der Waals surface area contributed by atoms with Crippen LogP contribution in [0.3, 0.4) is 0 Å². The van der Waals surface area contributed by atoms with E-state index in [9.17, 15) is 0 Å². The Balaban J connectivity index is 2.13. The summed E-state index contributed by atoms with van der Waals surface area (Å²) >= 11 is 0. The number of ether oxygens (including phenoxy) is 1. The van der Waals surface area contributed by atoms with E-state index >= 15 is 0 Å². The first-order valence-electron chi connectivity index (χ1n) is 6.91. The van der Waals surface area contributed by atoms with Crippen molar-refractivity contribution in [3.8, 4) is 0 Å². The van der Waals surface area contributed by atoms with E-state index in [4.69, 9.17) is 9.26 Å². The van der Waals surface area contributed by atoms with Gasteiger partial charge in [0.05, 0.1) is 6.04 Å². The molecule has 2 atom stereocenters. The first kappa shape index (κ1) is 13.5. The number of hydrogen-bond donors (Lipinski definition) is 1. The van der Waals surface area contributed by atoms with E-state index in [1.807, 2.05) is 13.8 Å². The Kier molecular flexibility index (Phi) is 4.35. The maximum absolute atomic E-state index is 5.76. The summed E-state index contributed by atoms with van der Waals surface area (Å²) in [4.78, 5) is 4.53. The van der Waals surface area contributed by atoms with Gasteiger partial charge in [0.1, 0.15) is 5.60 Å². The first-order valence-corrected chi connectivity index (χ1v) is 6.91. The SMILES string of the molecule is CCOC(C)(CC)c1noc([C@H]2CCCCN2)n1. The molecule has 102 valence electrons. The fraction of sp³-hybridized carbons (Fsp3) is 0.846. The molecule has 0 amide bonds. The van der Waals surface area contributed by atoms with Gasteiger partial charge >= 0.3 is 0 Å². The largest absolute Gasteiger partial charge is 0.367 e. The minimum atomic E-state index is -0.439. The Bertz CT molecular complexity index is 374. The smallest absolute Gasteiger partial charge is 0.243 e. The fourth-order valence-electron chi connectivity index (χ4n) is 2.30. The number of nitrogens with zero attached hydrogens (tertiary/aromatic N) is 2. The Morgan fingerprint density at radius 1 is 1.44 bits per heavy atom. The second-order valence-electron chi connectivity index (χ2n) is 4.98. The van der Waals surface area contributed by atoms with Crippen LogP contribution >= 0.6 is 0 Å². The highest BCUT2D eigenvalue weighted by Crippen LogP contribution is 2.29. The molecule has 1 aliphatic heterocycles. The molecule has 5 nitrogen and oxygen atoms in total. The molecule has 1 aliphatic rings. The average molecular weight is 253 g/mol. The molecular weight excluding hydrogens is 230 g/mol. The summed E-state index contributed by atoms with van der Waals surface area (Å²) in [5, 5.41) is 7.51. The first-order chi connectivity index (χ1) is 8.69. The third kappa shape index (κ3) is 2.72. The van der Waals surface area contributed by atoms with Crippen LogP contribution in [-0.4, -0.2) is 23.3 Å². The Morgan fingerprint density at radius 2 is 2.28 bits per heavy atom. The predicted octanol–water partition coefficient (Wildman–Crippen LogP) is 2.55. The van der Waals surface area contributed by atoms with Gasteiger partial charge in [-0.25, -0.2) is 0 Å². The highest BCUT2D eigenvalue weighted by Gasteiger charge is 2.32. The quantitative estimate of drug-likeness (QED) is 0.873. The monoisotopic (exact) mass is 253 g/mol.